The molecule has 0 radical (unpaired) electrons. The minimum Gasteiger partial charge on any atom is -0.343 e. The highest BCUT2D eigenvalue weighted by Crippen LogP contribution is 2.19. The van der Waals surface area contributed by atoms with Gasteiger partial charge in [0.2, 0.25) is 5.91 Å². The molecule has 2 amide bonds. The highest BCUT2D eigenvalue weighted by molar-refractivity contribution is 9.10. The summed E-state index contributed by atoms with van der Waals surface area (Å²) in [5, 5.41) is 5.43. The number of benzene rings is 2. The van der Waals surface area contributed by atoms with E-state index in [4.69, 9.17) is 0 Å². The molecule has 2 aromatic carbocycles. The van der Waals surface area contributed by atoms with Crippen LogP contribution in [-0.4, -0.2) is 18.4 Å². The van der Waals surface area contributed by atoms with Gasteiger partial charge in [-0.3, -0.25) is 9.59 Å². The quantitative estimate of drug-likeness (QED) is 0.803. The fourth-order valence-electron chi connectivity index (χ4n) is 2.24. The lowest BCUT2D eigenvalue weighted by Crippen LogP contribution is -2.33. The van der Waals surface area contributed by atoms with Gasteiger partial charge in [-0.2, -0.15) is 0 Å². The van der Waals surface area contributed by atoms with E-state index in [1.54, 1.807) is 12.1 Å². The van der Waals surface area contributed by atoms with Crippen LogP contribution in [0.1, 0.15) is 41.3 Å². The second kappa shape index (κ2) is 8.11. The molecule has 0 fully saturated rings. The lowest BCUT2D eigenvalue weighted by molar-refractivity contribution is -0.115. The molecule has 0 saturated carbocycles. The largest absolute Gasteiger partial charge is 0.343 e. The van der Waals surface area contributed by atoms with Crippen LogP contribution in [0.15, 0.2) is 46.9 Å². The smallest absolute Gasteiger partial charge is 0.251 e. The fraction of sp³-hybridized carbons (Fsp3) is 0.263. The van der Waals surface area contributed by atoms with Gasteiger partial charge in [0, 0.05) is 15.7 Å². The highest BCUT2D eigenvalue weighted by Gasteiger charge is 2.10. The Balaban J connectivity index is 1.90. The summed E-state index contributed by atoms with van der Waals surface area (Å²) in [5.41, 5.74) is 3.41. The van der Waals surface area contributed by atoms with Crippen molar-refractivity contribution in [1.29, 1.82) is 0 Å². The molecule has 0 heterocycles. The number of amides is 2. The highest BCUT2D eigenvalue weighted by atomic mass is 79.9. The minimum atomic E-state index is -0.257. The van der Waals surface area contributed by atoms with E-state index in [9.17, 15) is 9.59 Å². The van der Waals surface area contributed by atoms with Gasteiger partial charge in [-0.15, -0.1) is 0 Å². The molecule has 0 aliphatic carbocycles. The van der Waals surface area contributed by atoms with Gasteiger partial charge in [-0.1, -0.05) is 41.9 Å². The SMILES string of the molecule is Cc1cc(Br)ccc1NC(=O)CNC(=O)c1ccc(C(C)C)cc1. The first-order valence-corrected chi connectivity index (χ1v) is 8.60. The standard InChI is InChI=1S/C19H21BrN2O2/c1-12(2)14-4-6-15(7-5-14)19(24)21-11-18(23)22-17-9-8-16(20)10-13(17)3/h4-10,12H,11H2,1-3H3,(H,21,24)(H,22,23). The molecule has 4 nitrogen and oxygen atoms in total. The van der Waals surface area contributed by atoms with Crippen molar-refractivity contribution in [2.45, 2.75) is 26.7 Å². The molecular weight excluding hydrogens is 368 g/mol. The maximum absolute atomic E-state index is 12.1. The summed E-state index contributed by atoms with van der Waals surface area (Å²) in [6.45, 7) is 6.04. The lowest BCUT2D eigenvalue weighted by Gasteiger charge is -2.10. The number of hydrogen-bond acceptors (Lipinski definition) is 2. The number of rotatable bonds is 5. The number of halogens is 1. The first-order chi connectivity index (χ1) is 11.4. The number of nitrogens with one attached hydrogen (secondary N) is 2. The zero-order valence-corrected chi connectivity index (χ0v) is 15.6. The monoisotopic (exact) mass is 388 g/mol. The van der Waals surface area contributed by atoms with Crippen LogP contribution < -0.4 is 10.6 Å². The van der Waals surface area contributed by atoms with Crippen molar-refractivity contribution in [2.75, 3.05) is 11.9 Å². The molecule has 0 atom stereocenters. The Hall–Kier alpha value is -2.14. The summed E-state index contributed by atoms with van der Waals surface area (Å²) in [7, 11) is 0. The predicted molar refractivity (Wildman–Crippen MR) is 100 cm³/mol. The van der Waals surface area contributed by atoms with Crippen molar-refractivity contribution >= 4 is 33.4 Å². The van der Waals surface area contributed by atoms with Crippen LogP contribution in [0, 0.1) is 6.92 Å². The summed E-state index contributed by atoms with van der Waals surface area (Å²) in [6, 6.07) is 13.0. The summed E-state index contributed by atoms with van der Waals surface area (Å²) in [5.74, 6) is -0.0948. The van der Waals surface area contributed by atoms with E-state index in [0.29, 0.717) is 11.5 Å². The van der Waals surface area contributed by atoms with Crippen LogP contribution in [0.2, 0.25) is 0 Å². The molecule has 0 bridgehead atoms. The summed E-state index contributed by atoms with van der Waals surface area (Å²) in [6.07, 6.45) is 0. The van der Waals surface area contributed by atoms with E-state index < -0.39 is 0 Å². The average molecular weight is 389 g/mol. The van der Waals surface area contributed by atoms with Gasteiger partial charge in [0.05, 0.1) is 6.54 Å². The van der Waals surface area contributed by atoms with Crippen LogP contribution in [0.25, 0.3) is 0 Å². The van der Waals surface area contributed by atoms with Gasteiger partial charge in [0.25, 0.3) is 5.91 Å². The zero-order chi connectivity index (χ0) is 17.7. The molecule has 24 heavy (non-hydrogen) atoms. The molecule has 0 saturated heterocycles. The molecule has 2 N–H and O–H groups in total. The van der Waals surface area contributed by atoms with Gasteiger partial charge >= 0.3 is 0 Å². The third kappa shape index (κ3) is 4.93. The van der Waals surface area contributed by atoms with Gasteiger partial charge in [-0.25, -0.2) is 0 Å². The van der Waals surface area contributed by atoms with Crippen LogP contribution in [0.5, 0.6) is 0 Å². The Kier molecular flexibility index (Phi) is 6.15. The van der Waals surface area contributed by atoms with Crippen molar-refractivity contribution < 1.29 is 9.59 Å². The minimum absolute atomic E-state index is 0.0692. The van der Waals surface area contributed by atoms with Gasteiger partial charge in [0.1, 0.15) is 0 Å². The van der Waals surface area contributed by atoms with E-state index >= 15 is 0 Å². The molecule has 0 aliphatic heterocycles. The molecular formula is C19H21BrN2O2. The van der Waals surface area contributed by atoms with Crippen molar-refractivity contribution in [3.8, 4) is 0 Å². The molecule has 5 heteroatoms. The predicted octanol–water partition coefficient (Wildman–Crippen LogP) is 4.25. The zero-order valence-electron chi connectivity index (χ0n) is 14.0. The van der Waals surface area contributed by atoms with E-state index in [1.807, 2.05) is 37.3 Å². The Morgan fingerprint density at radius 1 is 1.08 bits per heavy atom. The number of hydrogen-bond donors (Lipinski definition) is 2. The van der Waals surface area contributed by atoms with Gasteiger partial charge in [0.15, 0.2) is 0 Å². The van der Waals surface area contributed by atoms with Crippen molar-refractivity contribution in [3.63, 3.8) is 0 Å². The Morgan fingerprint density at radius 2 is 1.75 bits per heavy atom. The molecule has 0 aliphatic rings. The van der Waals surface area contributed by atoms with Gasteiger partial charge in [-0.05, 0) is 54.3 Å². The Morgan fingerprint density at radius 3 is 2.33 bits per heavy atom. The summed E-state index contributed by atoms with van der Waals surface area (Å²) < 4.78 is 0.955. The number of anilines is 1. The number of carbonyl (C=O) groups is 2. The summed E-state index contributed by atoms with van der Waals surface area (Å²) in [4.78, 5) is 24.1. The van der Waals surface area contributed by atoms with Crippen molar-refractivity contribution in [2.24, 2.45) is 0 Å². The fourth-order valence-corrected chi connectivity index (χ4v) is 2.72. The van der Waals surface area contributed by atoms with Crippen LogP contribution in [0.4, 0.5) is 5.69 Å². The van der Waals surface area contributed by atoms with Crippen molar-refractivity contribution in [1.82, 2.24) is 5.32 Å². The van der Waals surface area contributed by atoms with Gasteiger partial charge < -0.3 is 10.6 Å². The molecule has 126 valence electrons. The van der Waals surface area contributed by atoms with E-state index in [1.165, 1.54) is 5.56 Å². The lowest BCUT2D eigenvalue weighted by atomic mass is 10.0. The maximum Gasteiger partial charge on any atom is 0.251 e. The Bertz CT molecular complexity index is 740. The van der Waals surface area contributed by atoms with Crippen LogP contribution >= 0.6 is 15.9 Å². The third-order valence-electron chi connectivity index (χ3n) is 3.71. The average Bonchev–Trinajstić information content (AvgIpc) is 2.55. The molecule has 0 spiro atoms. The number of aryl methyl sites for hydroxylation is 1. The second-order valence-electron chi connectivity index (χ2n) is 5.97. The van der Waals surface area contributed by atoms with Crippen LogP contribution in [-0.2, 0) is 4.79 Å². The first-order valence-electron chi connectivity index (χ1n) is 7.81. The topological polar surface area (TPSA) is 58.2 Å². The van der Waals surface area contributed by atoms with E-state index in [-0.39, 0.29) is 18.4 Å². The van der Waals surface area contributed by atoms with E-state index in [2.05, 4.69) is 40.4 Å². The van der Waals surface area contributed by atoms with E-state index in [0.717, 1.165) is 15.7 Å². The van der Waals surface area contributed by atoms with Crippen molar-refractivity contribution in [3.05, 3.63) is 63.6 Å². The maximum atomic E-state index is 12.1. The molecule has 0 unspecified atom stereocenters. The number of carbonyl (C=O) groups excluding carboxylic acids is 2. The third-order valence-corrected chi connectivity index (χ3v) is 4.20. The molecule has 2 rings (SSSR count). The normalized spacial score (nSPS) is 10.5. The first kappa shape index (κ1) is 18.2. The Labute approximate surface area is 150 Å². The molecule has 2 aromatic rings. The second-order valence-corrected chi connectivity index (χ2v) is 6.88. The van der Waals surface area contributed by atoms with Crippen LogP contribution in [0.3, 0.4) is 0 Å². The summed E-state index contributed by atoms with van der Waals surface area (Å²) >= 11 is 3.38. The molecule has 0 aromatic heterocycles.